The minimum Gasteiger partial charge on any atom is -0.507 e. The van der Waals surface area contributed by atoms with Gasteiger partial charge in [-0.3, -0.25) is 4.79 Å². The fourth-order valence-corrected chi connectivity index (χ4v) is 2.44. The van der Waals surface area contributed by atoms with E-state index in [1.807, 2.05) is 0 Å². The number of nitrogens with zero attached hydrogens (tertiary/aromatic N) is 1. The molecular weight excluding hydrogens is 412 g/mol. The summed E-state index contributed by atoms with van der Waals surface area (Å²) in [6, 6.07) is 6.74. The van der Waals surface area contributed by atoms with Gasteiger partial charge < -0.3 is 14.9 Å². The highest BCUT2D eigenvalue weighted by molar-refractivity contribution is 6.00. The number of nitrogens with two attached hydrogens (primary N) is 1. The number of carbonyl (C=O) groups is 2. The SMILES string of the molecule is Cc1cc(F)cc(COC(=O)c2ccc(N(N)C(=O)C(C)(O)C(F)(F)F)cc2O)c1. The van der Waals surface area contributed by atoms with E-state index in [0.29, 0.717) is 11.1 Å². The first-order valence-electron chi connectivity index (χ1n) is 8.38. The number of rotatable bonds is 5. The van der Waals surface area contributed by atoms with Crippen LogP contribution in [0.15, 0.2) is 36.4 Å². The summed E-state index contributed by atoms with van der Waals surface area (Å²) in [4.78, 5) is 24.0. The van der Waals surface area contributed by atoms with Crippen LogP contribution in [-0.4, -0.2) is 33.9 Å². The number of aromatic hydroxyl groups is 1. The molecule has 1 unspecified atom stereocenters. The van der Waals surface area contributed by atoms with Crippen LogP contribution < -0.4 is 10.9 Å². The minimum absolute atomic E-state index is 0.00214. The molecule has 0 aliphatic rings. The predicted octanol–water partition coefficient (Wildman–Crippen LogP) is 2.72. The largest absolute Gasteiger partial charge is 0.507 e. The average molecular weight is 430 g/mol. The second-order valence-corrected chi connectivity index (χ2v) is 6.66. The van der Waals surface area contributed by atoms with Gasteiger partial charge in [-0.1, -0.05) is 6.07 Å². The molecule has 0 radical (unpaired) electrons. The highest BCUT2D eigenvalue weighted by atomic mass is 19.4. The molecule has 0 bridgehead atoms. The van der Waals surface area contributed by atoms with E-state index in [4.69, 9.17) is 10.6 Å². The lowest BCUT2D eigenvalue weighted by atomic mass is 10.0. The molecule has 11 heteroatoms. The average Bonchev–Trinajstić information content (AvgIpc) is 2.63. The van der Waals surface area contributed by atoms with Crippen LogP contribution in [0, 0.1) is 12.7 Å². The van der Waals surface area contributed by atoms with Crippen molar-refractivity contribution in [2.45, 2.75) is 32.2 Å². The fraction of sp³-hybridized carbons (Fsp3) is 0.263. The monoisotopic (exact) mass is 430 g/mol. The van der Waals surface area contributed by atoms with E-state index in [-0.39, 0.29) is 24.1 Å². The van der Waals surface area contributed by atoms with Gasteiger partial charge in [0.15, 0.2) is 0 Å². The first-order valence-corrected chi connectivity index (χ1v) is 8.38. The molecule has 0 saturated heterocycles. The first-order chi connectivity index (χ1) is 13.7. The molecule has 162 valence electrons. The molecule has 7 nitrogen and oxygen atoms in total. The topological polar surface area (TPSA) is 113 Å². The van der Waals surface area contributed by atoms with Crippen molar-refractivity contribution in [2.75, 3.05) is 5.01 Å². The molecule has 2 aromatic carbocycles. The van der Waals surface area contributed by atoms with E-state index in [1.165, 1.54) is 6.07 Å². The smallest absolute Gasteiger partial charge is 0.426 e. The Labute approximate surface area is 168 Å². The number of phenolic OH excluding ortho intramolecular Hbond substituents is 1. The van der Waals surface area contributed by atoms with Crippen LogP contribution in [0.25, 0.3) is 0 Å². The number of phenols is 1. The van der Waals surface area contributed by atoms with Gasteiger partial charge in [0.05, 0.1) is 5.69 Å². The molecule has 0 aliphatic heterocycles. The molecule has 0 aliphatic carbocycles. The predicted molar refractivity (Wildman–Crippen MR) is 96.7 cm³/mol. The third-order valence-electron chi connectivity index (χ3n) is 4.14. The number of anilines is 1. The summed E-state index contributed by atoms with van der Waals surface area (Å²) in [5, 5.41) is 19.4. The lowest BCUT2D eigenvalue weighted by Crippen LogP contribution is -2.58. The molecule has 0 aromatic heterocycles. The Kier molecular flexibility index (Phi) is 6.38. The molecule has 0 saturated carbocycles. The van der Waals surface area contributed by atoms with Crippen molar-refractivity contribution in [1.29, 1.82) is 0 Å². The summed E-state index contributed by atoms with van der Waals surface area (Å²) >= 11 is 0. The number of hydrogen-bond acceptors (Lipinski definition) is 6. The van der Waals surface area contributed by atoms with E-state index in [2.05, 4.69) is 0 Å². The molecule has 4 N–H and O–H groups in total. The second kappa shape index (κ2) is 8.28. The maximum atomic E-state index is 13.4. The van der Waals surface area contributed by atoms with Crippen LogP contribution in [0.1, 0.15) is 28.4 Å². The minimum atomic E-state index is -5.29. The van der Waals surface area contributed by atoms with E-state index >= 15 is 0 Å². The van der Waals surface area contributed by atoms with Crippen molar-refractivity contribution in [2.24, 2.45) is 5.84 Å². The Bertz CT molecular complexity index is 956. The summed E-state index contributed by atoms with van der Waals surface area (Å²) in [6.45, 7) is 1.58. The zero-order valence-electron chi connectivity index (χ0n) is 15.8. The summed E-state index contributed by atoms with van der Waals surface area (Å²) in [6.07, 6.45) is -5.29. The summed E-state index contributed by atoms with van der Waals surface area (Å²) < 4.78 is 56.7. The molecular formula is C19H18F4N2O5. The number of hydrazine groups is 1. The van der Waals surface area contributed by atoms with Gasteiger partial charge in [0.2, 0.25) is 5.60 Å². The maximum absolute atomic E-state index is 13.4. The maximum Gasteiger partial charge on any atom is 0.426 e. The molecule has 1 amide bonds. The van der Waals surface area contributed by atoms with Crippen LogP contribution in [0.5, 0.6) is 5.75 Å². The number of aryl methyl sites for hydroxylation is 1. The molecule has 2 aromatic rings. The van der Waals surface area contributed by atoms with Gasteiger partial charge in [-0.2, -0.15) is 13.2 Å². The van der Waals surface area contributed by atoms with Crippen LogP contribution in [-0.2, 0) is 16.1 Å². The fourth-order valence-electron chi connectivity index (χ4n) is 2.44. The van der Waals surface area contributed by atoms with Crippen LogP contribution in [0.4, 0.5) is 23.2 Å². The van der Waals surface area contributed by atoms with Crippen LogP contribution in [0.3, 0.4) is 0 Å². The Morgan fingerprint density at radius 2 is 1.80 bits per heavy atom. The number of hydrogen-bond donors (Lipinski definition) is 3. The first kappa shape index (κ1) is 23.1. The van der Waals surface area contributed by atoms with Crippen molar-refractivity contribution in [1.82, 2.24) is 0 Å². The van der Waals surface area contributed by atoms with Gasteiger partial charge in [0, 0.05) is 6.07 Å². The van der Waals surface area contributed by atoms with E-state index < -0.39 is 40.9 Å². The lowest BCUT2D eigenvalue weighted by Gasteiger charge is -2.29. The molecule has 1 atom stereocenters. The van der Waals surface area contributed by atoms with Crippen molar-refractivity contribution in [3.05, 3.63) is 58.9 Å². The Balaban J connectivity index is 2.16. The van der Waals surface area contributed by atoms with Gasteiger partial charge in [0.25, 0.3) is 5.91 Å². The molecule has 0 heterocycles. The highest BCUT2D eigenvalue weighted by Crippen LogP contribution is 2.33. The third kappa shape index (κ3) is 4.86. The van der Waals surface area contributed by atoms with Gasteiger partial charge in [-0.05, 0) is 49.2 Å². The van der Waals surface area contributed by atoms with E-state index in [9.17, 15) is 37.4 Å². The van der Waals surface area contributed by atoms with Crippen molar-refractivity contribution < 1.29 is 42.1 Å². The molecule has 0 fully saturated rings. The van der Waals surface area contributed by atoms with Crippen molar-refractivity contribution >= 4 is 17.6 Å². The van der Waals surface area contributed by atoms with E-state index in [0.717, 1.165) is 24.3 Å². The van der Waals surface area contributed by atoms with Gasteiger partial charge in [0.1, 0.15) is 23.7 Å². The number of esters is 1. The lowest BCUT2D eigenvalue weighted by molar-refractivity contribution is -0.244. The van der Waals surface area contributed by atoms with Gasteiger partial charge in [-0.15, -0.1) is 0 Å². The Morgan fingerprint density at radius 1 is 1.17 bits per heavy atom. The quantitative estimate of drug-likeness (QED) is 0.221. The van der Waals surface area contributed by atoms with Crippen molar-refractivity contribution in [3.63, 3.8) is 0 Å². The number of halogens is 4. The Hall–Kier alpha value is -3.18. The summed E-state index contributed by atoms with van der Waals surface area (Å²) in [7, 11) is 0. The number of ether oxygens (including phenoxy) is 1. The molecule has 30 heavy (non-hydrogen) atoms. The van der Waals surface area contributed by atoms with E-state index in [1.54, 1.807) is 13.0 Å². The summed E-state index contributed by atoms with van der Waals surface area (Å²) in [5.41, 5.74) is -3.58. The normalized spacial score (nSPS) is 13.5. The second-order valence-electron chi connectivity index (χ2n) is 6.66. The highest BCUT2D eigenvalue weighted by Gasteiger charge is 2.57. The number of aliphatic hydroxyl groups is 1. The molecule has 0 spiro atoms. The standard InChI is InChI=1S/C19H18F4N2O5/c1-10-5-11(7-12(20)6-10)9-30-16(27)14-4-3-13(8-15(14)26)25(24)17(28)18(2,29)19(21,22)23/h3-8,26,29H,9,24H2,1-2H3. The Morgan fingerprint density at radius 3 is 2.33 bits per heavy atom. The zero-order valence-corrected chi connectivity index (χ0v) is 15.8. The van der Waals surface area contributed by atoms with Crippen LogP contribution >= 0.6 is 0 Å². The number of benzene rings is 2. The zero-order chi connectivity index (χ0) is 22.9. The van der Waals surface area contributed by atoms with Gasteiger partial charge in [-0.25, -0.2) is 20.0 Å². The number of alkyl halides is 3. The summed E-state index contributed by atoms with van der Waals surface area (Å²) in [5.74, 6) is 1.19. The number of amides is 1. The molecule has 2 rings (SSSR count). The number of carbonyl (C=O) groups excluding carboxylic acids is 2. The van der Waals surface area contributed by atoms with Crippen molar-refractivity contribution in [3.8, 4) is 5.75 Å². The van der Waals surface area contributed by atoms with Gasteiger partial charge >= 0.3 is 12.1 Å². The third-order valence-corrected chi connectivity index (χ3v) is 4.14. The van der Waals surface area contributed by atoms with Crippen LogP contribution in [0.2, 0.25) is 0 Å².